The molecule has 0 aromatic carbocycles. The number of carbonyl (C=O) groups is 2. The fraction of sp³-hybridized carbons (Fsp3) is 0.800. The van der Waals surface area contributed by atoms with Crippen molar-refractivity contribution in [2.24, 2.45) is 5.73 Å². The maximum Gasteiger partial charge on any atom is 0.240 e. The second-order valence-corrected chi connectivity index (χ2v) is 4.18. The van der Waals surface area contributed by atoms with Crippen LogP contribution in [0.25, 0.3) is 0 Å². The Bertz CT molecular complexity index is 247. The van der Waals surface area contributed by atoms with Crippen LogP contribution in [-0.2, 0) is 9.59 Å². The Morgan fingerprint density at radius 1 is 1.53 bits per heavy atom. The molecule has 0 spiro atoms. The van der Waals surface area contributed by atoms with Crippen LogP contribution in [0, 0.1) is 0 Å². The van der Waals surface area contributed by atoms with Gasteiger partial charge in [-0.2, -0.15) is 0 Å². The number of primary amides is 1. The van der Waals surface area contributed by atoms with E-state index < -0.39 is 5.91 Å². The van der Waals surface area contributed by atoms with Gasteiger partial charge < -0.3 is 16.0 Å². The van der Waals surface area contributed by atoms with E-state index in [0.717, 1.165) is 19.4 Å². The molecular weight excluding hydrogens is 194 g/mol. The molecule has 3 N–H and O–H groups in total. The first-order valence-electron chi connectivity index (χ1n) is 5.34. The zero-order chi connectivity index (χ0) is 11.4. The van der Waals surface area contributed by atoms with Crippen molar-refractivity contribution in [3.63, 3.8) is 0 Å². The summed E-state index contributed by atoms with van der Waals surface area (Å²) in [5, 5.41) is 3.12. The molecule has 5 nitrogen and oxygen atoms in total. The summed E-state index contributed by atoms with van der Waals surface area (Å²) in [4.78, 5) is 24.4. The highest BCUT2D eigenvalue weighted by Gasteiger charge is 2.28. The third-order valence-corrected chi connectivity index (χ3v) is 2.59. The molecule has 86 valence electrons. The summed E-state index contributed by atoms with van der Waals surface area (Å²) in [5.74, 6) is -0.476. The number of nitrogens with one attached hydrogen (secondary N) is 1. The first kappa shape index (κ1) is 12.0. The highest BCUT2D eigenvalue weighted by Crippen LogP contribution is 2.10. The number of amides is 2. The average Bonchev–Trinajstić information content (AvgIpc) is 2.65. The molecule has 1 aliphatic rings. The van der Waals surface area contributed by atoms with E-state index in [9.17, 15) is 9.59 Å². The number of nitrogens with zero attached hydrogens (tertiary/aromatic N) is 1. The van der Waals surface area contributed by atoms with Crippen LogP contribution in [0.3, 0.4) is 0 Å². The van der Waals surface area contributed by atoms with Gasteiger partial charge in [-0.1, -0.05) is 0 Å². The molecule has 1 fully saturated rings. The fourth-order valence-corrected chi connectivity index (χ4v) is 1.78. The quantitative estimate of drug-likeness (QED) is 0.658. The second-order valence-electron chi connectivity index (χ2n) is 4.18. The lowest BCUT2D eigenvalue weighted by Crippen LogP contribution is -2.49. The molecule has 5 heteroatoms. The standard InChI is InChI=1S/C10H19N3O2/c1-7(2)13(6-9(11)14)10(15)8-4-3-5-12-8/h7-8,12H,3-6H2,1-2H3,(H2,11,14). The van der Waals surface area contributed by atoms with Gasteiger partial charge in [-0.3, -0.25) is 9.59 Å². The van der Waals surface area contributed by atoms with Crippen molar-refractivity contribution >= 4 is 11.8 Å². The van der Waals surface area contributed by atoms with E-state index in [1.165, 1.54) is 4.90 Å². The van der Waals surface area contributed by atoms with E-state index in [4.69, 9.17) is 5.73 Å². The molecule has 1 rings (SSSR count). The van der Waals surface area contributed by atoms with Gasteiger partial charge >= 0.3 is 0 Å². The van der Waals surface area contributed by atoms with Crippen LogP contribution >= 0.6 is 0 Å². The van der Waals surface area contributed by atoms with Crippen LogP contribution in [-0.4, -0.2) is 41.9 Å². The molecule has 15 heavy (non-hydrogen) atoms. The van der Waals surface area contributed by atoms with Gasteiger partial charge in [0.15, 0.2) is 0 Å². The van der Waals surface area contributed by atoms with Crippen molar-refractivity contribution < 1.29 is 9.59 Å². The lowest BCUT2D eigenvalue weighted by molar-refractivity contribution is -0.138. The van der Waals surface area contributed by atoms with Crippen molar-refractivity contribution in [1.82, 2.24) is 10.2 Å². The topological polar surface area (TPSA) is 75.4 Å². The minimum absolute atomic E-state index is 0.00685. The Kier molecular flexibility index (Phi) is 4.08. The first-order valence-corrected chi connectivity index (χ1v) is 5.34. The Balaban J connectivity index is 2.61. The third-order valence-electron chi connectivity index (χ3n) is 2.59. The van der Waals surface area contributed by atoms with Crippen molar-refractivity contribution in [1.29, 1.82) is 0 Å². The smallest absolute Gasteiger partial charge is 0.240 e. The zero-order valence-corrected chi connectivity index (χ0v) is 9.32. The fourth-order valence-electron chi connectivity index (χ4n) is 1.78. The molecule has 0 aromatic rings. The summed E-state index contributed by atoms with van der Waals surface area (Å²) in [6, 6.07) is -0.126. The van der Waals surface area contributed by atoms with Crippen molar-refractivity contribution in [2.45, 2.75) is 38.8 Å². The lowest BCUT2D eigenvalue weighted by Gasteiger charge is -2.28. The largest absolute Gasteiger partial charge is 0.368 e. The highest BCUT2D eigenvalue weighted by atomic mass is 16.2. The molecule has 0 saturated carbocycles. The molecule has 0 bridgehead atoms. The van der Waals surface area contributed by atoms with Crippen molar-refractivity contribution in [3.8, 4) is 0 Å². The Morgan fingerprint density at radius 3 is 2.60 bits per heavy atom. The van der Waals surface area contributed by atoms with E-state index in [-0.39, 0.29) is 24.5 Å². The highest BCUT2D eigenvalue weighted by molar-refractivity contribution is 5.87. The van der Waals surface area contributed by atoms with Gasteiger partial charge in [0.25, 0.3) is 0 Å². The zero-order valence-electron chi connectivity index (χ0n) is 9.32. The molecule has 0 aromatic heterocycles. The van der Waals surface area contributed by atoms with Crippen LogP contribution in [0.15, 0.2) is 0 Å². The van der Waals surface area contributed by atoms with Gasteiger partial charge in [0.2, 0.25) is 11.8 Å². The van der Waals surface area contributed by atoms with Gasteiger partial charge in [0.1, 0.15) is 0 Å². The molecular formula is C10H19N3O2. The minimum atomic E-state index is -0.463. The van der Waals surface area contributed by atoms with E-state index in [1.807, 2.05) is 13.8 Å². The van der Waals surface area contributed by atoms with Gasteiger partial charge in [-0.25, -0.2) is 0 Å². The predicted molar refractivity (Wildman–Crippen MR) is 57.1 cm³/mol. The molecule has 0 radical (unpaired) electrons. The third kappa shape index (κ3) is 3.20. The van der Waals surface area contributed by atoms with Gasteiger partial charge in [0, 0.05) is 6.04 Å². The first-order chi connectivity index (χ1) is 7.02. The number of rotatable bonds is 4. The van der Waals surface area contributed by atoms with Crippen LogP contribution in [0.2, 0.25) is 0 Å². The summed E-state index contributed by atoms with van der Waals surface area (Å²) in [7, 11) is 0. The predicted octanol–water partition coefficient (Wildman–Crippen LogP) is -0.539. The second kappa shape index (κ2) is 5.11. The SMILES string of the molecule is CC(C)N(CC(N)=O)C(=O)C1CCCN1. The monoisotopic (exact) mass is 213 g/mol. The number of hydrogen-bond acceptors (Lipinski definition) is 3. The van der Waals surface area contributed by atoms with Gasteiger partial charge in [-0.15, -0.1) is 0 Å². The Morgan fingerprint density at radius 2 is 2.20 bits per heavy atom. The van der Waals surface area contributed by atoms with E-state index in [1.54, 1.807) is 0 Å². The number of nitrogens with two attached hydrogens (primary N) is 1. The van der Waals surface area contributed by atoms with Crippen molar-refractivity contribution in [2.75, 3.05) is 13.1 Å². The van der Waals surface area contributed by atoms with Crippen molar-refractivity contribution in [3.05, 3.63) is 0 Å². The number of hydrogen-bond donors (Lipinski definition) is 2. The van der Waals surface area contributed by atoms with E-state index in [0.29, 0.717) is 0 Å². The molecule has 1 saturated heterocycles. The maximum absolute atomic E-state index is 12.0. The molecule has 2 amide bonds. The van der Waals surface area contributed by atoms with E-state index in [2.05, 4.69) is 5.32 Å². The van der Waals surface area contributed by atoms with Crippen LogP contribution in [0.5, 0.6) is 0 Å². The van der Waals surface area contributed by atoms with E-state index >= 15 is 0 Å². The summed E-state index contributed by atoms with van der Waals surface area (Å²) >= 11 is 0. The van der Waals surface area contributed by atoms with Gasteiger partial charge in [-0.05, 0) is 33.2 Å². The van der Waals surface area contributed by atoms with Gasteiger partial charge in [0.05, 0.1) is 12.6 Å². The summed E-state index contributed by atoms with van der Waals surface area (Å²) in [6.07, 6.45) is 1.86. The summed E-state index contributed by atoms with van der Waals surface area (Å²) in [5.41, 5.74) is 5.11. The summed E-state index contributed by atoms with van der Waals surface area (Å²) < 4.78 is 0. The lowest BCUT2D eigenvalue weighted by atomic mass is 10.1. The Labute approximate surface area is 90.0 Å². The maximum atomic E-state index is 12.0. The Hall–Kier alpha value is -1.10. The number of carbonyl (C=O) groups excluding carboxylic acids is 2. The molecule has 1 atom stereocenters. The minimum Gasteiger partial charge on any atom is -0.368 e. The normalized spacial score (nSPS) is 20.6. The molecule has 1 aliphatic heterocycles. The summed E-state index contributed by atoms with van der Waals surface area (Å²) in [6.45, 7) is 4.65. The van der Waals surface area contributed by atoms with Crippen LogP contribution in [0.1, 0.15) is 26.7 Å². The molecule has 0 aliphatic carbocycles. The van der Waals surface area contributed by atoms with Crippen LogP contribution < -0.4 is 11.1 Å². The molecule has 1 unspecified atom stereocenters. The molecule has 1 heterocycles. The average molecular weight is 213 g/mol. The van der Waals surface area contributed by atoms with Crippen LogP contribution in [0.4, 0.5) is 0 Å².